The molecule has 1 saturated heterocycles. The number of nitrogens with zero attached hydrogens (tertiary/aromatic N) is 2. The Kier molecular flexibility index (Phi) is 5.83. The van der Waals surface area contributed by atoms with Crippen LogP contribution in [0.1, 0.15) is 18.1 Å². The van der Waals surface area contributed by atoms with E-state index in [4.69, 9.17) is 14.2 Å². The van der Waals surface area contributed by atoms with Crippen molar-refractivity contribution >= 4 is 5.69 Å². The molecule has 0 radical (unpaired) electrons. The van der Waals surface area contributed by atoms with Crippen LogP contribution in [0, 0.1) is 6.92 Å². The predicted octanol–water partition coefficient (Wildman–Crippen LogP) is 3.97. The Hall–Kier alpha value is -2.83. The van der Waals surface area contributed by atoms with Gasteiger partial charge in [0, 0.05) is 30.2 Å². The SMILES string of the molecule is CCNc1ccc(OCC2COC(Cn3ccnc3)(c3cccc(C)c3)O2)cc1. The average Bonchev–Trinajstić information content (AvgIpc) is 3.39. The van der Waals surface area contributed by atoms with Crippen LogP contribution >= 0.6 is 0 Å². The molecule has 1 fully saturated rings. The lowest BCUT2D eigenvalue weighted by atomic mass is 10.0. The number of rotatable bonds is 8. The van der Waals surface area contributed by atoms with Crippen LogP contribution in [0.4, 0.5) is 5.69 Å². The molecule has 0 amide bonds. The molecule has 1 aliphatic heterocycles. The van der Waals surface area contributed by atoms with Gasteiger partial charge in [0.1, 0.15) is 18.5 Å². The van der Waals surface area contributed by atoms with Crippen molar-refractivity contribution in [2.24, 2.45) is 0 Å². The number of ether oxygens (including phenoxy) is 3. The molecule has 1 aromatic heterocycles. The summed E-state index contributed by atoms with van der Waals surface area (Å²) in [6, 6.07) is 16.2. The third-order valence-electron chi connectivity index (χ3n) is 4.94. The molecule has 0 saturated carbocycles. The summed E-state index contributed by atoms with van der Waals surface area (Å²) < 4.78 is 20.6. The van der Waals surface area contributed by atoms with Crippen molar-refractivity contribution in [3.8, 4) is 5.75 Å². The second-order valence-corrected chi connectivity index (χ2v) is 7.27. The van der Waals surface area contributed by atoms with Crippen molar-refractivity contribution in [2.45, 2.75) is 32.3 Å². The van der Waals surface area contributed by atoms with E-state index in [2.05, 4.69) is 36.3 Å². The normalized spacial score (nSPS) is 21.2. The summed E-state index contributed by atoms with van der Waals surface area (Å²) in [5, 5.41) is 3.28. The van der Waals surface area contributed by atoms with Crippen LogP contribution in [0.25, 0.3) is 0 Å². The van der Waals surface area contributed by atoms with Crippen LogP contribution in [-0.2, 0) is 21.8 Å². The first kappa shape index (κ1) is 19.5. The van der Waals surface area contributed by atoms with E-state index in [1.807, 2.05) is 47.2 Å². The minimum atomic E-state index is -0.852. The zero-order valence-corrected chi connectivity index (χ0v) is 16.9. The highest BCUT2D eigenvalue weighted by Crippen LogP contribution is 2.36. The Morgan fingerprint density at radius 3 is 2.83 bits per heavy atom. The van der Waals surface area contributed by atoms with Crippen LogP contribution in [0.15, 0.2) is 67.3 Å². The van der Waals surface area contributed by atoms with Crippen LogP contribution < -0.4 is 10.1 Å². The highest BCUT2D eigenvalue weighted by atomic mass is 16.8. The first-order chi connectivity index (χ1) is 14.2. The number of benzene rings is 2. The van der Waals surface area contributed by atoms with Gasteiger partial charge >= 0.3 is 0 Å². The maximum Gasteiger partial charge on any atom is 0.214 e. The lowest BCUT2D eigenvalue weighted by Crippen LogP contribution is -2.34. The Morgan fingerprint density at radius 1 is 1.24 bits per heavy atom. The van der Waals surface area contributed by atoms with E-state index in [1.165, 1.54) is 5.56 Å². The summed E-state index contributed by atoms with van der Waals surface area (Å²) in [6.45, 7) is 6.47. The highest BCUT2D eigenvalue weighted by molar-refractivity contribution is 5.46. The molecule has 6 heteroatoms. The van der Waals surface area contributed by atoms with Gasteiger partial charge in [-0.3, -0.25) is 0 Å². The van der Waals surface area contributed by atoms with Crippen molar-refractivity contribution in [3.63, 3.8) is 0 Å². The summed E-state index contributed by atoms with van der Waals surface area (Å²) in [6.07, 6.45) is 5.30. The lowest BCUT2D eigenvalue weighted by Gasteiger charge is -2.29. The summed E-state index contributed by atoms with van der Waals surface area (Å²) >= 11 is 0. The van der Waals surface area contributed by atoms with E-state index in [0.29, 0.717) is 19.8 Å². The molecular formula is C23H27N3O3. The van der Waals surface area contributed by atoms with Crippen LogP contribution in [0.2, 0.25) is 0 Å². The number of hydrogen-bond donors (Lipinski definition) is 1. The zero-order valence-electron chi connectivity index (χ0n) is 16.9. The van der Waals surface area contributed by atoms with E-state index < -0.39 is 5.79 Å². The van der Waals surface area contributed by atoms with Crippen molar-refractivity contribution in [1.29, 1.82) is 0 Å². The predicted molar refractivity (Wildman–Crippen MR) is 112 cm³/mol. The third kappa shape index (κ3) is 4.60. The molecule has 4 rings (SSSR count). The Labute approximate surface area is 171 Å². The molecule has 1 N–H and O–H groups in total. The van der Waals surface area contributed by atoms with Gasteiger partial charge in [0.25, 0.3) is 0 Å². The smallest absolute Gasteiger partial charge is 0.214 e. The number of anilines is 1. The quantitative estimate of drug-likeness (QED) is 0.628. The maximum atomic E-state index is 6.44. The molecule has 2 atom stereocenters. The van der Waals surface area contributed by atoms with E-state index >= 15 is 0 Å². The number of aryl methyl sites for hydroxylation is 1. The second-order valence-electron chi connectivity index (χ2n) is 7.27. The summed E-state index contributed by atoms with van der Waals surface area (Å²) in [5.41, 5.74) is 3.25. The molecular weight excluding hydrogens is 366 g/mol. The highest BCUT2D eigenvalue weighted by Gasteiger charge is 2.44. The first-order valence-corrected chi connectivity index (χ1v) is 9.98. The Balaban J connectivity index is 1.45. The van der Waals surface area contributed by atoms with Gasteiger partial charge in [-0.25, -0.2) is 4.98 Å². The molecule has 0 spiro atoms. The van der Waals surface area contributed by atoms with Gasteiger partial charge < -0.3 is 24.1 Å². The average molecular weight is 393 g/mol. The van der Waals surface area contributed by atoms with E-state index in [-0.39, 0.29) is 6.10 Å². The fraction of sp³-hybridized carbons (Fsp3) is 0.348. The molecule has 2 unspecified atom stereocenters. The fourth-order valence-electron chi connectivity index (χ4n) is 3.54. The van der Waals surface area contributed by atoms with Crippen LogP contribution in [0.3, 0.4) is 0 Å². The number of imidazole rings is 1. The molecule has 2 aromatic carbocycles. The molecule has 29 heavy (non-hydrogen) atoms. The number of aromatic nitrogens is 2. The van der Waals surface area contributed by atoms with Crippen molar-refractivity contribution < 1.29 is 14.2 Å². The van der Waals surface area contributed by atoms with Crippen LogP contribution in [0.5, 0.6) is 5.75 Å². The van der Waals surface area contributed by atoms with Crippen molar-refractivity contribution in [2.75, 3.05) is 25.1 Å². The van der Waals surface area contributed by atoms with Crippen molar-refractivity contribution in [3.05, 3.63) is 78.4 Å². The molecule has 1 aliphatic rings. The number of hydrogen-bond acceptors (Lipinski definition) is 5. The minimum absolute atomic E-state index is 0.160. The molecule has 152 valence electrons. The summed E-state index contributed by atoms with van der Waals surface area (Å²) in [5.74, 6) is -0.0340. The standard InChI is InChI=1S/C23H27N3O3/c1-3-25-20-7-9-21(10-8-20)27-14-22-15-28-23(29-22,16-26-12-11-24-17-26)19-6-4-5-18(2)13-19/h4-13,17,22,25H,3,14-16H2,1-2H3. The van der Waals surface area contributed by atoms with Gasteiger partial charge in [0.15, 0.2) is 0 Å². The molecule has 0 bridgehead atoms. The van der Waals surface area contributed by atoms with Gasteiger partial charge in [-0.15, -0.1) is 0 Å². The van der Waals surface area contributed by atoms with E-state index in [0.717, 1.165) is 23.5 Å². The second kappa shape index (κ2) is 8.68. The van der Waals surface area contributed by atoms with Crippen molar-refractivity contribution in [1.82, 2.24) is 9.55 Å². The lowest BCUT2D eigenvalue weighted by molar-refractivity contribution is -0.189. The van der Waals surface area contributed by atoms with Gasteiger partial charge in [-0.1, -0.05) is 29.8 Å². The molecule has 2 heterocycles. The minimum Gasteiger partial charge on any atom is -0.491 e. The van der Waals surface area contributed by atoms with E-state index in [9.17, 15) is 0 Å². The maximum absolute atomic E-state index is 6.44. The van der Waals surface area contributed by atoms with Gasteiger partial charge in [0.2, 0.25) is 5.79 Å². The van der Waals surface area contributed by atoms with E-state index in [1.54, 1.807) is 12.5 Å². The summed E-state index contributed by atoms with van der Waals surface area (Å²) in [4.78, 5) is 4.14. The molecule has 6 nitrogen and oxygen atoms in total. The van der Waals surface area contributed by atoms with Gasteiger partial charge in [0.05, 0.1) is 19.5 Å². The van der Waals surface area contributed by atoms with Gasteiger partial charge in [-0.2, -0.15) is 0 Å². The van der Waals surface area contributed by atoms with Crippen LogP contribution in [-0.4, -0.2) is 35.4 Å². The Bertz CT molecular complexity index is 911. The topological polar surface area (TPSA) is 57.5 Å². The summed E-state index contributed by atoms with van der Waals surface area (Å²) in [7, 11) is 0. The van der Waals surface area contributed by atoms with Gasteiger partial charge in [-0.05, 0) is 38.1 Å². The number of nitrogens with one attached hydrogen (secondary N) is 1. The first-order valence-electron chi connectivity index (χ1n) is 9.98. The molecule has 0 aliphatic carbocycles. The fourth-order valence-corrected chi connectivity index (χ4v) is 3.54. The zero-order chi connectivity index (χ0) is 20.1. The monoisotopic (exact) mass is 393 g/mol. The third-order valence-corrected chi connectivity index (χ3v) is 4.94. The Morgan fingerprint density at radius 2 is 2.10 bits per heavy atom. The molecule has 3 aromatic rings. The largest absolute Gasteiger partial charge is 0.491 e.